The molecular weight excluding hydrogens is 122 g/mol. The molecule has 0 saturated carbocycles. The third-order valence-electron chi connectivity index (χ3n) is 1.51. The van der Waals surface area contributed by atoms with E-state index in [0.29, 0.717) is 0 Å². The molecule has 2 rings (SSSR count). The van der Waals surface area contributed by atoms with E-state index in [2.05, 4.69) is 17.1 Å². The highest BCUT2D eigenvalue weighted by atomic mass is 14.7. The number of allylic oxidation sites excluding steroid dienone is 1. The summed E-state index contributed by atoms with van der Waals surface area (Å²) >= 11 is 0. The largest absolute Gasteiger partial charge is 0.284 e. The van der Waals surface area contributed by atoms with E-state index in [4.69, 9.17) is 0 Å². The van der Waals surface area contributed by atoms with Crippen molar-refractivity contribution >= 4 is 18.0 Å². The van der Waals surface area contributed by atoms with Crippen molar-refractivity contribution in [2.75, 3.05) is 0 Å². The summed E-state index contributed by atoms with van der Waals surface area (Å²) in [6.07, 6.45) is 5.81. The van der Waals surface area contributed by atoms with Gasteiger partial charge < -0.3 is 0 Å². The summed E-state index contributed by atoms with van der Waals surface area (Å²) in [5.41, 5.74) is 2.26. The van der Waals surface area contributed by atoms with E-state index in [1.807, 2.05) is 30.5 Å². The van der Waals surface area contributed by atoms with Crippen LogP contribution in [0.25, 0.3) is 6.08 Å². The van der Waals surface area contributed by atoms with Crippen LogP contribution in [0.2, 0.25) is 0 Å². The van der Waals surface area contributed by atoms with E-state index < -0.39 is 0 Å². The lowest BCUT2D eigenvalue weighted by atomic mass is 10.1. The number of aliphatic imine (C=N–C) groups is 1. The second-order valence-electron chi connectivity index (χ2n) is 2.20. The molecule has 0 bridgehead atoms. The Labute approximate surface area is 59.7 Å². The molecule has 0 aliphatic carbocycles. The Morgan fingerprint density at radius 3 is 2.90 bits per heavy atom. The third-order valence-corrected chi connectivity index (χ3v) is 1.51. The van der Waals surface area contributed by atoms with E-state index >= 15 is 0 Å². The van der Waals surface area contributed by atoms with Crippen molar-refractivity contribution in [3.8, 4) is 0 Å². The van der Waals surface area contributed by atoms with Crippen LogP contribution in [0.4, 0.5) is 5.69 Å². The van der Waals surface area contributed by atoms with Gasteiger partial charge in [-0.15, -0.1) is 0 Å². The molecule has 0 amide bonds. The van der Waals surface area contributed by atoms with E-state index in [-0.39, 0.29) is 0 Å². The minimum absolute atomic E-state index is 1.06. The van der Waals surface area contributed by atoms with Gasteiger partial charge in [0.05, 0.1) is 10.6 Å². The van der Waals surface area contributed by atoms with E-state index in [9.17, 15) is 0 Å². The van der Waals surface area contributed by atoms with Crippen molar-refractivity contribution in [3.63, 3.8) is 0 Å². The quantitative estimate of drug-likeness (QED) is 0.506. The van der Waals surface area contributed by atoms with Crippen molar-refractivity contribution in [2.24, 2.45) is 0 Å². The molecule has 1 aromatic carbocycles. The Bertz CT molecular complexity index is 266. The van der Waals surface area contributed by atoms with E-state index in [0.717, 1.165) is 5.69 Å². The first kappa shape index (κ1) is 5.42. The summed E-state index contributed by atoms with van der Waals surface area (Å²) in [4.78, 5) is 4.18. The number of benzene rings is 1. The molecule has 0 spiro atoms. The molecule has 0 atom stereocenters. The molecule has 10 heavy (non-hydrogen) atoms. The van der Waals surface area contributed by atoms with Crippen LogP contribution < -0.4 is 4.99 Å². The number of nitrogens with zero attached hydrogens (tertiary/aromatic N) is 1. The SMILES string of the molecule is C1=Cc2ccccc2[N+]=C1. The standard InChI is InChI=1S/C9H7N/c1-2-6-9-8(4-1)5-3-7-10-9/h1-7H/q+1. The van der Waals surface area contributed by atoms with Crippen LogP contribution in [0.1, 0.15) is 5.56 Å². The summed E-state index contributed by atoms with van der Waals surface area (Å²) < 4.78 is 0. The molecule has 47 valence electrons. The average Bonchev–Trinajstić information content (AvgIpc) is 2.05. The van der Waals surface area contributed by atoms with Crippen LogP contribution >= 0.6 is 0 Å². The normalized spacial score (nSPS) is 13.2. The van der Waals surface area contributed by atoms with Gasteiger partial charge in [0.2, 0.25) is 6.21 Å². The fourth-order valence-corrected chi connectivity index (χ4v) is 1.02. The Kier molecular flexibility index (Phi) is 1.14. The van der Waals surface area contributed by atoms with Gasteiger partial charge in [0.1, 0.15) is 0 Å². The predicted molar refractivity (Wildman–Crippen MR) is 43.3 cm³/mol. The molecule has 1 heteroatoms. The van der Waals surface area contributed by atoms with Gasteiger partial charge in [-0.1, -0.05) is 12.1 Å². The molecule has 1 aliphatic heterocycles. The highest BCUT2D eigenvalue weighted by molar-refractivity contribution is 5.85. The Morgan fingerprint density at radius 2 is 2.00 bits per heavy atom. The molecule has 0 aromatic heterocycles. The molecule has 0 saturated heterocycles. The smallest absolute Gasteiger partial charge is 0.0612 e. The fourth-order valence-electron chi connectivity index (χ4n) is 1.02. The number of hydrogen-bond acceptors (Lipinski definition) is 1. The summed E-state index contributed by atoms with van der Waals surface area (Å²) in [7, 11) is 0. The topological polar surface area (TPSA) is 14.1 Å². The lowest BCUT2D eigenvalue weighted by molar-refractivity contribution is 1.37. The molecule has 1 nitrogen and oxygen atoms in total. The maximum Gasteiger partial charge on any atom is 0.284 e. The highest BCUT2D eigenvalue weighted by Gasteiger charge is 2.08. The van der Waals surface area contributed by atoms with Gasteiger partial charge >= 0.3 is 0 Å². The Morgan fingerprint density at radius 1 is 1.10 bits per heavy atom. The Balaban J connectivity index is 2.65. The average molecular weight is 129 g/mol. The lowest BCUT2D eigenvalue weighted by Gasteiger charge is -1.90. The molecule has 0 unspecified atom stereocenters. The second kappa shape index (κ2) is 2.10. The first-order valence-corrected chi connectivity index (χ1v) is 3.26. The molecule has 1 radical (unpaired) electrons. The Hall–Kier alpha value is -1.37. The molecule has 0 fully saturated rings. The van der Waals surface area contributed by atoms with Crippen LogP contribution in [-0.2, 0) is 0 Å². The number of hydrogen-bond donors (Lipinski definition) is 0. The van der Waals surface area contributed by atoms with Gasteiger partial charge in [0, 0.05) is 12.1 Å². The molecule has 0 N–H and O–H groups in total. The molecule has 1 aliphatic rings. The molecular formula is C9H7N+. The maximum absolute atomic E-state index is 4.18. The summed E-state index contributed by atoms with van der Waals surface area (Å²) in [6, 6.07) is 8.08. The third kappa shape index (κ3) is 0.760. The minimum Gasteiger partial charge on any atom is -0.0612 e. The monoisotopic (exact) mass is 129 g/mol. The first-order chi connectivity index (χ1) is 4.97. The summed E-state index contributed by atoms with van der Waals surface area (Å²) in [5, 5.41) is 0. The van der Waals surface area contributed by atoms with Crippen LogP contribution in [0.3, 0.4) is 0 Å². The van der Waals surface area contributed by atoms with Gasteiger partial charge in [-0.25, -0.2) is 0 Å². The van der Waals surface area contributed by atoms with Crippen LogP contribution in [0, 0.1) is 0 Å². The van der Waals surface area contributed by atoms with Gasteiger partial charge in [0.25, 0.3) is 5.69 Å². The van der Waals surface area contributed by atoms with Crippen molar-refractivity contribution in [2.45, 2.75) is 0 Å². The number of para-hydroxylation sites is 1. The molecule has 1 aromatic rings. The predicted octanol–water partition coefficient (Wildman–Crippen LogP) is 1.75. The van der Waals surface area contributed by atoms with Crippen LogP contribution in [0.15, 0.2) is 30.3 Å². The van der Waals surface area contributed by atoms with Crippen LogP contribution in [-0.4, -0.2) is 6.21 Å². The van der Waals surface area contributed by atoms with Crippen LogP contribution in [0.5, 0.6) is 0 Å². The molecule has 1 heterocycles. The maximum atomic E-state index is 4.18. The highest BCUT2D eigenvalue weighted by Crippen LogP contribution is 2.16. The van der Waals surface area contributed by atoms with Crippen molar-refractivity contribution in [1.82, 2.24) is 4.99 Å². The minimum atomic E-state index is 1.06. The van der Waals surface area contributed by atoms with Gasteiger partial charge in [-0.3, -0.25) is 0 Å². The summed E-state index contributed by atoms with van der Waals surface area (Å²) in [6.45, 7) is 0. The zero-order chi connectivity index (χ0) is 6.81. The fraction of sp³-hybridized carbons (Fsp3) is 0. The van der Waals surface area contributed by atoms with Gasteiger partial charge in [-0.2, -0.15) is 0 Å². The number of fused-ring (bicyclic) bond motifs is 1. The van der Waals surface area contributed by atoms with Crippen molar-refractivity contribution < 1.29 is 0 Å². The van der Waals surface area contributed by atoms with E-state index in [1.54, 1.807) is 0 Å². The first-order valence-electron chi connectivity index (χ1n) is 3.26. The zero-order valence-electron chi connectivity index (χ0n) is 5.49. The summed E-state index contributed by atoms with van der Waals surface area (Å²) in [5.74, 6) is 0. The van der Waals surface area contributed by atoms with Crippen molar-refractivity contribution in [3.05, 3.63) is 35.9 Å². The number of rotatable bonds is 0. The van der Waals surface area contributed by atoms with E-state index in [1.165, 1.54) is 5.56 Å². The van der Waals surface area contributed by atoms with Gasteiger partial charge in [-0.05, 0) is 12.1 Å². The van der Waals surface area contributed by atoms with Gasteiger partial charge in [0.15, 0.2) is 0 Å². The lowest BCUT2D eigenvalue weighted by Crippen LogP contribution is -1.90. The second-order valence-corrected chi connectivity index (χ2v) is 2.20. The van der Waals surface area contributed by atoms with Crippen molar-refractivity contribution in [1.29, 1.82) is 0 Å². The zero-order valence-corrected chi connectivity index (χ0v) is 5.49.